The lowest BCUT2D eigenvalue weighted by Gasteiger charge is -2.25. The van der Waals surface area contributed by atoms with Gasteiger partial charge in [-0.25, -0.2) is 0 Å². The van der Waals surface area contributed by atoms with Gasteiger partial charge in [0.1, 0.15) is 0 Å². The lowest BCUT2D eigenvalue weighted by Crippen LogP contribution is -2.41. The van der Waals surface area contributed by atoms with Crippen LogP contribution in [0.1, 0.15) is 26.7 Å². The molecule has 0 aromatic carbocycles. The number of hydrogen-bond acceptors (Lipinski definition) is 3. The van der Waals surface area contributed by atoms with Crippen LogP contribution in [0, 0.1) is 11.3 Å². The van der Waals surface area contributed by atoms with Gasteiger partial charge in [-0.2, -0.15) is 5.26 Å². The number of nitrogens with zero attached hydrogens (tertiary/aromatic N) is 2. The first-order valence-corrected chi connectivity index (χ1v) is 5.00. The molecule has 3 nitrogen and oxygen atoms in total. The maximum atomic E-state index is 8.58. The highest BCUT2D eigenvalue weighted by Gasteiger charge is 2.28. The molecule has 3 heteroatoms. The second-order valence-electron chi connectivity index (χ2n) is 4.00. The van der Waals surface area contributed by atoms with Crippen molar-refractivity contribution < 1.29 is 0 Å². The molecular weight excluding hydrogens is 162 g/mol. The molecule has 0 amide bonds. The van der Waals surface area contributed by atoms with E-state index in [1.165, 1.54) is 12.8 Å². The van der Waals surface area contributed by atoms with Gasteiger partial charge in [-0.15, -0.1) is 0 Å². The van der Waals surface area contributed by atoms with Crippen molar-refractivity contribution in [2.24, 2.45) is 0 Å². The summed E-state index contributed by atoms with van der Waals surface area (Å²) >= 11 is 0. The molecule has 74 valence electrons. The molecule has 0 aromatic heterocycles. The van der Waals surface area contributed by atoms with E-state index in [0.29, 0.717) is 6.04 Å². The average Bonchev–Trinajstić information content (AvgIpc) is 2.95. The summed E-state index contributed by atoms with van der Waals surface area (Å²) in [6.07, 6.45) is 2.68. The van der Waals surface area contributed by atoms with Crippen LogP contribution in [0.15, 0.2) is 0 Å². The highest BCUT2D eigenvalue weighted by molar-refractivity contribution is 4.89. The zero-order valence-electron chi connectivity index (χ0n) is 8.75. The Bertz CT molecular complexity index is 193. The monoisotopic (exact) mass is 181 g/mol. The van der Waals surface area contributed by atoms with Gasteiger partial charge in [0.15, 0.2) is 0 Å². The second-order valence-corrected chi connectivity index (χ2v) is 4.00. The van der Waals surface area contributed by atoms with Crippen LogP contribution in [-0.2, 0) is 0 Å². The third-order valence-corrected chi connectivity index (χ3v) is 2.73. The highest BCUT2D eigenvalue weighted by Crippen LogP contribution is 2.26. The van der Waals surface area contributed by atoms with E-state index in [1.807, 2.05) is 6.92 Å². The van der Waals surface area contributed by atoms with E-state index < -0.39 is 0 Å². The Hall–Kier alpha value is -0.590. The van der Waals surface area contributed by atoms with Crippen LogP contribution in [0.4, 0.5) is 0 Å². The van der Waals surface area contributed by atoms with Gasteiger partial charge in [-0.05, 0) is 33.7 Å². The predicted octanol–water partition coefficient (Wildman–Crippen LogP) is 0.971. The molecule has 0 saturated heterocycles. The minimum absolute atomic E-state index is 0.0324. The van der Waals surface area contributed by atoms with E-state index in [4.69, 9.17) is 5.26 Å². The number of likely N-dealkylation sites (N-methyl/N-ethyl adjacent to an activating group) is 1. The van der Waals surface area contributed by atoms with Crippen LogP contribution in [0.2, 0.25) is 0 Å². The smallest absolute Gasteiger partial charge is 0.0924 e. The van der Waals surface area contributed by atoms with Crippen LogP contribution in [0.25, 0.3) is 0 Å². The van der Waals surface area contributed by atoms with Crippen molar-refractivity contribution in [2.75, 3.05) is 13.6 Å². The second kappa shape index (κ2) is 4.59. The predicted molar refractivity (Wildman–Crippen MR) is 53.3 cm³/mol. The first-order valence-electron chi connectivity index (χ1n) is 5.00. The summed E-state index contributed by atoms with van der Waals surface area (Å²) in [6.45, 7) is 5.00. The Balaban J connectivity index is 2.16. The quantitative estimate of drug-likeness (QED) is 0.687. The largest absolute Gasteiger partial charge is 0.301 e. The first-order chi connectivity index (χ1) is 6.15. The summed E-state index contributed by atoms with van der Waals surface area (Å²) in [5, 5.41) is 11.8. The Morgan fingerprint density at radius 2 is 2.15 bits per heavy atom. The molecule has 1 saturated carbocycles. The molecule has 1 rings (SSSR count). The summed E-state index contributed by atoms with van der Waals surface area (Å²) in [4.78, 5) is 2.40. The van der Waals surface area contributed by atoms with Crippen molar-refractivity contribution in [1.29, 1.82) is 5.26 Å². The van der Waals surface area contributed by atoms with Gasteiger partial charge in [0.25, 0.3) is 0 Å². The van der Waals surface area contributed by atoms with Crippen molar-refractivity contribution in [3.8, 4) is 6.07 Å². The molecule has 1 aliphatic rings. The number of nitrogens with one attached hydrogen (secondary N) is 1. The van der Waals surface area contributed by atoms with Crippen LogP contribution in [0.3, 0.4) is 0 Å². The minimum Gasteiger partial charge on any atom is -0.301 e. The SMILES string of the molecule is CC(C#N)NCC(C)N(C)C1CC1. The molecule has 2 unspecified atom stereocenters. The zero-order chi connectivity index (χ0) is 9.84. The van der Waals surface area contributed by atoms with Gasteiger partial charge in [0, 0.05) is 18.6 Å². The van der Waals surface area contributed by atoms with E-state index in [9.17, 15) is 0 Å². The summed E-state index contributed by atoms with van der Waals surface area (Å²) < 4.78 is 0. The molecule has 13 heavy (non-hydrogen) atoms. The number of nitriles is 1. The van der Waals surface area contributed by atoms with Crippen LogP contribution in [0.5, 0.6) is 0 Å². The summed E-state index contributed by atoms with van der Waals surface area (Å²) in [6, 6.07) is 3.47. The lowest BCUT2D eigenvalue weighted by molar-refractivity contribution is 0.239. The molecule has 1 aliphatic carbocycles. The molecular formula is C10H19N3. The molecule has 0 heterocycles. The lowest BCUT2D eigenvalue weighted by atomic mass is 10.2. The first kappa shape index (κ1) is 10.5. The fraction of sp³-hybridized carbons (Fsp3) is 0.900. The van der Waals surface area contributed by atoms with Crippen LogP contribution in [-0.4, -0.2) is 36.6 Å². The third kappa shape index (κ3) is 3.33. The Labute approximate surface area is 80.7 Å². The summed E-state index contributed by atoms with van der Waals surface area (Å²) in [5.41, 5.74) is 0. The molecule has 0 aliphatic heterocycles. The number of rotatable bonds is 5. The van der Waals surface area contributed by atoms with E-state index in [1.54, 1.807) is 0 Å². The summed E-state index contributed by atoms with van der Waals surface area (Å²) in [5.74, 6) is 0. The average molecular weight is 181 g/mol. The Morgan fingerprint density at radius 1 is 1.54 bits per heavy atom. The molecule has 1 N–H and O–H groups in total. The molecule has 2 atom stereocenters. The fourth-order valence-corrected chi connectivity index (χ4v) is 1.38. The highest BCUT2D eigenvalue weighted by atomic mass is 15.2. The van der Waals surface area contributed by atoms with Gasteiger partial charge in [-0.3, -0.25) is 4.90 Å². The van der Waals surface area contributed by atoms with Crippen molar-refractivity contribution in [1.82, 2.24) is 10.2 Å². The van der Waals surface area contributed by atoms with Gasteiger partial charge in [0.05, 0.1) is 12.1 Å². The standard InChI is InChI=1S/C10H19N3/c1-8(6-11)12-7-9(2)13(3)10-4-5-10/h8-10,12H,4-5,7H2,1-3H3. The topological polar surface area (TPSA) is 39.1 Å². The van der Waals surface area contributed by atoms with E-state index >= 15 is 0 Å². The minimum atomic E-state index is -0.0324. The zero-order valence-corrected chi connectivity index (χ0v) is 8.75. The Morgan fingerprint density at radius 3 is 2.62 bits per heavy atom. The third-order valence-electron chi connectivity index (χ3n) is 2.73. The van der Waals surface area contributed by atoms with Crippen LogP contribution >= 0.6 is 0 Å². The van der Waals surface area contributed by atoms with E-state index in [2.05, 4.69) is 30.3 Å². The molecule has 1 fully saturated rings. The van der Waals surface area contributed by atoms with E-state index in [0.717, 1.165) is 12.6 Å². The van der Waals surface area contributed by atoms with Gasteiger partial charge in [0.2, 0.25) is 0 Å². The van der Waals surface area contributed by atoms with Crippen molar-refractivity contribution >= 4 is 0 Å². The van der Waals surface area contributed by atoms with Crippen molar-refractivity contribution in [2.45, 2.75) is 44.8 Å². The molecule has 0 radical (unpaired) electrons. The maximum Gasteiger partial charge on any atom is 0.0924 e. The van der Waals surface area contributed by atoms with Crippen LogP contribution < -0.4 is 5.32 Å². The van der Waals surface area contributed by atoms with Crippen molar-refractivity contribution in [3.63, 3.8) is 0 Å². The molecule has 0 bridgehead atoms. The Kier molecular flexibility index (Phi) is 3.71. The van der Waals surface area contributed by atoms with Gasteiger partial charge >= 0.3 is 0 Å². The normalized spacial score (nSPS) is 21.2. The van der Waals surface area contributed by atoms with Crippen molar-refractivity contribution in [3.05, 3.63) is 0 Å². The molecule has 0 spiro atoms. The van der Waals surface area contributed by atoms with Gasteiger partial charge in [-0.1, -0.05) is 0 Å². The maximum absolute atomic E-state index is 8.58. The summed E-state index contributed by atoms with van der Waals surface area (Å²) in [7, 11) is 2.17. The molecule has 0 aromatic rings. The van der Waals surface area contributed by atoms with Gasteiger partial charge < -0.3 is 5.32 Å². The fourth-order valence-electron chi connectivity index (χ4n) is 1.38. The number of hydrogen-bond donors (Lipinski definition) is 1. The van der Waals surface area contributed by atoms with E-state index in [-0.39, 0.29) is 6.04 Å².